The third-order valence-electron chi connectivity index (χ3n) is 0.462. The van der Waals surface area contributed by atoms with E-state index in [1.807, 2.05) is 0 Å². The molecule has 0 saturated heterocycles. The van der Waals surface area contributed by atoms with Crippen LogP contribution in [-0.4, -0.2) is 16.5 Å². The fourth-order valence-corrected chi connectivity index (χ4v) is 0.183. The van der Waals surface area contributed by atoms with Crippen molar-refractivity contribution in [2.45, 2.75) is 19.1 Å². The molecule has 0 fully saturated rings. The number of hydrogen-bond acceptors (Lipinski definition) is 2. The topological polar surface area (TPSA) is 40.5 Å². The minimum absolute atomic E-state index is 0.375. The molecule has 0 heterocycles. The van der Waals surface area contributed by atoms with E-state index in [1.54, 1.807) is 0 Å². The zero-order valence-corrected chi connectivity index (χ0v) is 3.59. The standard InChI is InChI=1S/C4H9O2/c1-2-3-4(5)6/h4-6H,1-3H2. The first-order valence-electron chi connectivity index (χ1n) is 1.92. The highest BCUT2D eigenvalue weighted by Gasteiger charge is 1.89. The quantitative estimate of drug-likeness (QED) is 0.464. The van der Waals surface area contributed by atoms with Crippen LogP contribution in [0.4, 0.5) is 0 Å². The number of aliphatic hydroxyl groups is 2. The van der Waals surface area contributed by atoms with Gasteiger partial charge in [-0.15, -0.1) is 0 Å². The Morgan fingerprint density at radius 1 is 1.50 bits per heavy atom. The maximum atomic E-state index is 8.07. The van der Waals surface area contributed by atoms with Gasteiger partial charge in [0.25, 0.3) is 0 Å². The molecule has 0 aromatic carbocycles. The van der Waals surface area contributed by atoms with Gasteiger partial charge in [-0.3, -0.25) is 0 Å². The molecule has 1 radical (unpaired) electrons. The molecule has 2 heteroatoms. The number of aliphatic hydroxyl groups excluding tert-OH is 1. The van der Waals surface area contributed by atoms with E-state index in [9.17, 15) is 0 Å². The van der Waals surface area contributed by atoms with E-state index in [0.717, 1.165) is 0 Å². The molecule has 0 aliphatic carbocycles. The van der Waals surface area contributed by atoms with Crippen LogP contribution in [0.1, 0.15) is 12.8 Å². The summed E-state index contributed by atoms with van der Waals surface area (Å²) in [4.78, 5) is 0. The third-order valence-corrected chi connectivity index (χ3v) is 0.462. The molecule has 2 nitrogen and oxygen atoms in total. The summed E-state index contributed by atoms with van der Waals surface area (Å²) < 4.78 is 0. The lowest BCUT2D eigenvalue weighted by Crippen LogP contribution is -2.01. The van der Waals surface area contributed by atoms with Crippen molar-refractivity contribution in [1.29, 1.82) is 0 Å². The molecule has 0 aliphatic heterocycles. The van der Waals surface area contributed by atoms with E-state index in [2.05, 4.69) is 6.92 Å². The first-order valence-corrected chi connectivity index (χ1v) is 1.92. The summed E-state index contributed by atoms with van der Waals surface area (Å²) in [5, 5.41) is 16.1. The van der Waals surface area contributed by atoms with Crippen LogP contribution in [0, 0.1) is 6.92 Å². The minimum atomic E-state index is -1.16. The molecule has 0 aliphatic rings. The summed E-state index contributed by atoms with van der Waals surface area (Å²) in [6.45, 7) is 3.41. The summed E-state index contributed by atoms with van der Waals surface area (Å²) in [5.41, 5.74) is 0. The second-order valence-electron chi connectivity index (χ2n) is 1.12. The molecule has 0 atom stereocenters. The Bertz CT molecular complexity index is 26.7. The van der Waals surface area contributed by atoms with Crippen molar-refractivity contribution in [1.82, 2.24) is 0 Å². The second-order valence-corrected chi connectivity index (χ2v) is 1.12. The Morgan fingerprint density at radius 2 is 2.00 bits per heavy atom. The van der Waals surface area contributed by atoms with Gasteiger partial charge in [-0.1, -0.05) is 6.92 Å². The highest BCUT2D eigenvalue weighted by molar-refractivity contribution is 4.39. The summed E-state index contributed by atoms with van der Waals surface area (Å²) in [6.07, 6.45) is -0.208. The summed E-state index contributed by atoms with van der Waals surface area (Å²) in [5.74, 6) is 0. The van der Waals surface area contributed by atoms with E-state index in [1.165, 1.54) is 0 Å². The van der Waals surface area contributed by atoms with Crippen molar-refractivity contribution in [2.75, 3.05) is 0 Å². The van der Waals surface area contributed by atoms with Crippen LogP contribution in [-0.2, 0) is 0 Å². The van der Waals surface area contributed by atoms with E-state index >= 15 is 0 Å². The smallest absolute Gasteiger partial charge is 0.151 e. The Labute approximate surface area is 37.4 Å². The molecule has 0 aromatic heterocycles. The lowest BCUT2D eigenvalue weighted by atomic mass is 10.3. The molecule has 2 N–H and O–H groups in total. The highest BCUT2D eigenvalue weighted by atomic mass is 16.5. The van der Waals surface area contributed by atoms with Crippen molar-refractivity contribution in [3.8, 4) is 0 Å². The fraction of sp³-hybridized carbons (Fsp3) is 0.750. The van der Waals surface area contributed by atoms with Gasteiger partial charge in [0.05, 0.1) is 0 Å². The van der Waals surface area contributed by atoms with Crippen molar-refractivity contribution in [3.05, 3.63) is 6.92 Å². The van der Waals surface area contributed by atoms with Crippen LogP contribution in [0.3, 0.4) is 0 Å². The van der Waals surface area contributed by atoms with Gasteiger partial charge in [-0.25, -0.2) is 0 Å². The number of rotatable bonds is 2. The molecule has 0 saturated carbocycles. The predicted octanol–water partition coefficient (Wildman–Crippen LogP) is -0.0886. The normalized spacial score (nSPS) is 10.0. The average molecular weight is 89.1 g/mol. The summed E-state index contributed by atoms with van der Waals surface area (Å²) in [6, 6.07) is 0. The van der Waals surface area contributed by atoms with Gasteiger partial charge >= 0.3 is 0 Å². The van der Waals surface area contributed by atoms with Crippen LogP contribution in [0.25, 0.3) is 0 Å². The van der Waals surface area contributed by atoms with Crippen LogP contribution in [0.15, 0.2) is 0 Å². The maximum absolute atomic E-state index is 8.07. The van der Waals surface area contributed by atoms with Gasteiger partial charge in [0.15, 0.2) is 6.29 Å². The molecule has 0 spiro atoms. The molecule has 0 amide bonds. The number of hydrogen-bond donors (Lipinski definition) is 2. The van der Waals surface area contributed by atoms with E-state index in [4.69, 9.17) is 10.2 Å². The molecule has 0 aromatic rings. The molecule has 0 rings (SSSR count). The Morgan fingerprint density at radius 3 is 2.00 bits per heavy atom. The molecular weight excluding hydrogens is 80.0 g/mol. The lowest BCUT2D eigenvalue weighted by Gasteiger charge is -1.94. The van der Waals surface area contributed by atoms with Crippen LogP contribution in [0.2, 0.25) is 0 Å². The van der Waals surface area contributed by atoms with Crippen molar-refractivity contribution >= 4 is 0 Å². The van der Waals surface area contributed by atoms with Gasteiger partial charge in [0, 0.05) is 0 Å². The molecule has 0 bridgehead atoms. The van der Waals surface area contributed by atoms with Gasteiger partial charge in [0.1, 0.15) is 0 Å². The van der Waals surface area contributed by atoms with Gasteiger partial charge in [-0.05, 0) is 12.8 Å². The van der Waals surface area contributed by atoms with Crippen LogP contribution in [0.5, 0.6) is 0 Å². The first-order chi connectivity index (χ1) is 2.77. The van der Waals surface area contributed by atoms with Crippen LogP contribution < -0.4 is 0 Å². The minimum Gasteiger partial charge on any atom is -0.368 e. The van der Waals surface area contributed by atoms with Gasteiger partial charge in [-0.2, -0.15) is 0 Å². The zero-order chi connectivity index (χ0) is 4.99. The first kappa shape index (κ1) is 5.92. The largest absolute Gasteiger partial charge is 0.368 e. The molecular formula is C4H9O2. The van der Waals surface area contributed by atoms with E-state index in [-0.39, 0.29) is 0 Å². The highest BCUT2D eigenvalue weighted by Crippen LogP contribution is 1.87. The van der Waals surface area contributed by atoms with Crippen molar-refractivity contribution in [2.24, 2.45) is 0 Å². The van der Waals surface area contributed by atoms with Crippen molar-refractivity contribution in [3.63, 3.8) is 0 Å². The molecule has 37 valence electrons. The van der Waals surface area contributed by atoms with Gasteiger partial charge < -0.3 is 10.2 Å². The zero-order valence-electron chi connectivity index (χ0n) is 3.59. The molecule has 6 heavy (non-hydrogen) atoms. The fourth-order valence-electron chi connectivity index (χ4n) is 0.183. The van der Waals surface area contributed by atoms with E-state index in [0.29, 0.717) is 12.8 Å². The van der Waals surface area contributed by atoms with Gasteiger partial charge in [0.2, 0.25) is 0 Å². The Balaban J connectivity index is 2.63. The summed E-state index contributed by atoms with van der Waals surface area (Å²) in [7, 11) is 0. The third kappa shape index (κ3) is 3.92. The predicted molar refractivity (Wildman–Crippen MR) is 22.8 cm³/mol. The maximum Gasteiger partial charge on any atom is 0.151 e. The SMILES string of the molecule is [CH2]CCC(O)O. The summed E-state index contributed by atoms with van der Waals surface area (Å²) >= 11 is 0. The van der Waals surface area contributed by atoms with Crippen molar-refractivity contribution < 1.29 is 10.2 Å². The molecule has 0 unspecified atom stereocenters. The lowest BCUT2D eigenvalue weighted by molar-refractivity contribution is -0.0443. The Kier molecular flexibility index (Phi) is 3.08. The van der Waals surface area contributed by atoms with Crippen LogP contribution >= 0.6 is 0 Å². The second kappa shape index (κ2) is 3.12. The van der Waals surface area contributed by atoms with E-state index < -0.39 is 6.29 Å². The monoisotopic (exact) mass is 89.1 g/mol. The average Bonchev–Trinajstić information content (AvgIpc) is 1.35. The Hall–Kier alpha value is -0.0800.